The molecule has 3 rings (SSSR count). The third kappa shape index (κ3) is 6.41. The summed E-state index contributed by atoms with van der Waals surface area (Å²) < 4.78 is 10.5. The minimum absolute atomic E-state index is 0.0838. The molecule has 0 bridgehead atoms. The second kappa shape index (κ2) is 10.7. The molecule has 0 unspecified atom stereocenters. The van der Waals surface area contributed by atoms with Gasteiger partial charge in [-0.15, -0.1) is 0 Å². The highest BCUT2D eigenvalue weighted by Gasteiger charge is 2.16. The molecule has 152 valence electrons. The molecular weight excluding hydrogens is 390 g/mol. The molecule has 0 saturated carbocycles. The summed E-state index contributed by atoms with van der Waals surface area (Å²) in [6.45, 7) is 1.50. The standard InChI is InChI=1S/C22H24ClN3O3/c1-28-15-14-26(21(27)11-10-17-6-3-2-4-7-17)13-12-20-24-22(25-29-20)18-8-5-9-19(23)16-18/h2-9,16H,10-15H2,1H3. The zero-order chi connectivity index (χ0) is 20.5. The molecule has 0 aliphatic heterocycles. The monoisotopic (exact) mass is 413 g/mol. The van der Waals surface area contributed by atoms with Gasteiger partial charge in [0.1, 0.15) is 0 Å². The van der Waals surface area contributed by atoms with Gasteiger partial charge >= 0.3 is 0 Å². The van der Waals surface area contributed by atoms with E-state index in [-0.39, 0.29) is 5.91 Å². The van der Waals surface area contributed by atoms with E-state index >= 15 is 0 Å². The molecule has 2 aromatic carbocycles. The Bertz CT molecular complexity index is 914. The molecule has 0 N–H and O–H groups in total. The molecule has 1 aromatic heterocycles. The lowest BCUT2D eigenvalue weighted by atomic mass is 10.1. The van der Waals surface area contributed by atoms with Crippen LogP contribution in [0.5, 0.6) is 0 Å². The van der Waals surface area contributed by atoms with Crippen molar-refractivity contribution in [1.29, 1.82) is 0 Å². The van der Waals surface area contributed by atoms with E-state index in [1.807, 2.05) is 42.5 Å². The highest BCUT2D eigenvalue weighted by atomic mass is 35.5. The fourth-order valence-electron chi connectivity index (χ4n) is 2.95. The lowest BCUT2D eigenvalue weighted by molar-refractivity contribution is -0.131. The summed E-state index contributed by atoms with van der Waals surface area (Å²) in [5.41, 5.74) is 1.94. The predicted molar refractivity (Wildman–Crippen MR) is 112 cm³/mol. The van der Waals surface area contributed by atoms with Crippen LogP contribution in [0.25, 0.3) is 11.4 Å². The van der Waals surface area contributed by atoms with Crippen LogP contribution in [-0.2, 0) is 22.4 Å². The number of carbonyl (C=O) groups is 1. The minimum atomic E-state index is 0.0838. The zero-order valence-corrected chi connectivity index (χ0v) is 17.1. The van der Waals surface area contributed by atoms with E-state index in [9.17, 15) is 4.79 Å². The van der Waals surface area contributed by atoms with Crippen LogP contribution in [0.3, 0.4) is 0 Å². The summed E-state index contributed by atoms with van der Waals surface area (Å²) in [6.07, 6.45) is 1.64. The molecule has 0 aliphatic carbocycles. The van der Waals surface area contributed by atoms with Gasteiger partial charge in [0.15, 0.2) is 0 Å². The van der Waals surface area contributed by atoms with Crippen LogP contribution in [0.1, 0.15) is 17.9 Å². The second-order valence-corrected chi connectivity index (χ2v) is 7.07. The van der Waals surface area contributed by atoms with Crippen LogP contribution in [0.15, 0.2) is 59.1 Å². The maximum atomic E-state index is 12.7. The summed E-state index contributed by atoms with van der Waals surface area (Å²) in [7, 11) is 1.63. The highest BCUT2D eigenvalue weighted by Crippen LogP contribution is 2.20. The molecule has 0 aliphatic rings. The topological polar surface area (TPSA) is 68.5 Å². The van der Waals surface area contributed by atoms with Gasteiger partial charge in [-0.3, -0.25) is 4.79 Å². The molecule has 1 amide bonds. The van der Waals surface area contributed by atoms with Crippen molar-refractivity contribution >= 4 is 17.5 Å². The number of aromatic nitrogens is 2. The van der Waals surface area contributed by atoms with E-state index in [2.05, 4.69) is 10.1 Å². The molecule has 7 heteroatoms. The Morgan fingerprint density at radius 3 is 2.69 bits per heavy atom. The number of amides is 1. The van der Waals surface area contributed by atoms with E-state index < -0.39 is 0 Å². The van der Waals surface area contributed by atoms with E-state index in [1.165, 1.54) is 0 Å². The van der Waals surface area contributed by atoms with Crippen molar-refractivity contribution in [3.63, 3.8) is 0 Å². The normalized spacial score (nSPS) is 10.8. The Labute approximate surface area is 175 Å². The number of carbonyl (C=O) groups excluding carboxylic acids is 1. The van der Waals surface area contributed by atoms with E-state index in [4.69, 9.17) is 20.9 Å². The molecule has 6 nitrogen and oxygen atoms in total. The van der Waals surface area contributed by atoms with Crippen LogP contribution in [0.4, 0.5) is 0 Å². The summed E-state index contributed by atoms with van der Waals surface area (Å²) >= 11 is 6.02. The van der Waals surface area contributed by atoms with Crippen molar-refractivity contribution in [2.75, 3.05) is 26.8 Å². The van der Waals surface area contributed by atoms with Crippen LogP contribution < -0.4 is 0 Å². The molecule has 0 fully saturated rings. The molecule has 29 heavy (non-hydrogen) atoms. The molecule has 1 heterocycles. The summed E-state index contributed by atoms with van der Waals surface area (Å²) in [6, 6.07) is 17.3. The number of ether oxygens (including phenoxy) is 1. The van der Waals surface area contributed by atoms with Gasteiger partial charge in [0.2, 0.25) is 17.6 Å². The Morgan fingerprint density at radius 1 is 1.10 bits per heavy atom. The average molecular weight is 414 g/mol. The van der Waals surface area contributed by atoms with Gasteiger partial charge in [-0.2, -0.15) is 4.98 Å². The fraction of sp³-hybridized carbons (Fsp3) is 0.318. The molecule has 0 atom stereocenters. The third-order valence-corrected chi connectivity index (χ3v) is 4.77. The third-order valence-electron chi connectivity index (χ3n) is 4.53. The molecule has 0 spiro atoms. The SMILES string of the molecule is COCCN(CCc1nc(-c2cccc(Cl)c2)no1)C(=O)CCc1ccccc1. The number of aryl methyl sites for hydroxylation is 1. The predicted octanol–water partition coefficient (Wildman–Crippen LogP) is 4.04. The van der Waals surface area contributed by atoms with Gasteiger partial charge < -0.3 is 14.2 Å². The van der Waals surface area contributed by atoms with E-state index in [0.717, 1.165) is 11.1 Å². The smallest absolute Gasteiger partial charge is 0.228 e. The number of hydrogen-bond donors (Lipinski definition) is 0. The van der Waals surface area contributed by atoms with Crippen molar-refractivity contribution in [2.45, 2.75) is 19.3 Å². The fourth-order valence-corrected chi connectivity index (χ4v) is 3.14. The molecule has 0 saturated heterocycles. The minimum Gasteiger partial charge on any atom is -0.383 e. The number of hydrogen-bond acceptors (Lipinski definition) is 5. The molecule has 0 radical (unpaired) electrons. The number of halogens is 1. The Morgan fingerprint density at radius 2 is 1.93 bits per heavy atom. The zero-order valence-electron chi connectivity index (χ0n) is 16.4. The highest BCUT2D eigenvalue weighted by molar-refractivity contribution is 6.30. The maximum Gasteiger partial charge on any atom is 0.228 e. The number of benzene rings is 2. The van der Waals surface area contributed by atoms with Crippen molar-refractivity contribution in [2.24, 2.45) is 0 Å². The van der Waals surface area contributed by atoms with Gasteiger partial charge in [-0.25, -0.2) is 0 Å². The Kier molecular flexibility index (Phi) is 7.78. The van der Waals surface area contributed by atoms with Crippen LogP contribution in [0, 0.1) is 0 Å². The molecule has 3 aromatic rings. The Balaban J connectivity index is 1.58. The number of methoxy groups -OCH3 is 1. The summed E-state index contributed by atoms with van der Waals surface area (Å²) in [5, 5.41) is 4.63. The first-order valence-corrected chi connectivity index (χ1v) is 9.92. The average Bonchev–Trinajstić information content (AvgIpc) is 3.22. The van der Waals surface area contributed by atoms with E-state index in [0.29, 0.717) is 55.7 Å². The van der Waals surface area contributed by atoms with E-state index in [1.54, 1.807) is 24.1 Å². The quantitative estimate of drug-likeness (QED) is 0.501. The first-order valence-electron chi connectivity index (χ1n) is 9.55. The first kappa shape index (κ1) is 21.0. The molecular formula is C22H24ClN3O3. The van der Waals surface area contributed by atoms with Crippen LogP contribution in [-0.4, -0.2) is 47.8 Å². The van der Waals surface area contributed by atoms with Crippen LogP contribution >= 0.6 is 11.6 Å². The van der Waals surface area contributed by atoms with Gasteiger partial charge in [-0.05, 0) is 24.1 Å². The van der Waals surface area contributed by atoms with Crippen LogP contribution in [0.2, 0.25) is 5.02 Å². The van der Waals surface area contributed by atoms with Crippen molar-refractivity contribution < 1.29 is 14.1 Å². The van der Waals surface area contributed by atoms with Crippen molar-refractivity contribution in [3.8, 4) is 11.4 Å². The van der Waals surface area contributed by atoms with Crippen molar-refractivity contribution in [3.05, 3.63) is 71.1 Å². The maximum absolute atomic E-state index is 12.7. The largest absolute Gasteiger partial charge is 0.383 e. The van der Waals surface area contributed by atoms with Gasteiger partial charge in [-0.1, -0.05) is 59.2 Å². The summed E-state index contributed by atoms with van der Waals surface area (Å²) in [4.78, 5) is 18.9. The first-order chi connectivity index (χ1) is 14.2. The second-order valence-electron chi connectivity index (χ2n) is 6.63. The lowest BCUT2D eigenvalue weighted by Crippen LogP contribution is -2.35. The number of rotatable bonds is 10. The van der Waals surface area contributed by atoms with Gasteiger partial charge in [0.05, 0.1) is 6.61 Å². The number of nitrogens with zero attached hydrogens (tertiary/aromatic N) is 3. The summed E-state index contributed by atoms with van der Waals surface area (Å²) in [5.74, 6) is 1.06. The van der Waals surface area contributed by atoms with Gasteiger partial charge in [0, 0.05) is 43.6 Å². The lowest BCUT2D eigenvalue weighted by Gasteiger charge is -2.21. The van der Waals surface area contributed by atoms with Crippen molar-refractivity contribution in [1.82, 2.24) is 15.0 Å². The Hall–Kier alpha value is -2.70. The van der Waals surface area contributed by atoms with Gasteiger partial charge in [0.25, 0.3) is 0 Å².